The molecule has 2 heterocycles. The summed E-state index contributed by atoms with van der Waals surface area (Å²) in [6.45, 7) is 3.37. The summed E-state index contributed by atoms with van der Waals surface area (Å²) in [6, 6.07) is 10.6. The summed E-state index contributed by atoms with van der Waals surface area (Å²) in [5.41, 5.74) is 0.904. The fourth-order valence-electron chi connectivity index (χ4n) is 5.10. The number of carbonyl (C=O) groups excluding carboxylic acids is 1. The number of carboxylic acids is 1. The summed E-state index contributed by atoms with van der Waals surface area (Å²) in [5.74, 6) is -1.65. The van der Waals surface area contributed by atoms with Crippen molar-refractivity contribution < 1.29 is 27.9 Å². The lowest BCUT2D eigenvalue weighted by molar-refractivity contribution is -0.138. The van der Waals surface area contributed by atoms with E-state index < -0.39 is 29.5 Å². The molecule has 1 aliphatic heterocycles. The number of amides is 1. The standard InChI is InChI=1S/C28H29BrF3N3O3/c1-17-25(21-15-19(29)10-11-23(21)34-26(17)35-13-5-2-6-14-35)27(38)33-16-18(9-12-24(36)37)20-7-3-4-8-22(20)28(30,31)32/h3-4,7-8,10-11,15,18H,2,5-6,9,12-14,16H2,1H3,(H,33,38)(H,36,37)/t18-/m0/s1. The Morgan fingerprint density at radius 3 is 2.53 bits per heavy atom. The van der Waals surface area contributed by atoms with Crippen molar-refractivity contribution >= 4 is 44.5 Å². The number of halogens is 4. The van der Waals surface area contributed by atoms with E-state index >= 15 is 0 Å². The monoisotopic (exact) mass is 591 g/mol. The third kappa shape index (κ3) is 6.28. The maximum Gasteiger partial charge on any atom is 0.416 e. The average molecular weight is 592 g/mol. The van der Waals surface area contributed by atoms with Crippen LogP contribution in [0.2, 0.25) is 0 Å². The molecule has 0 spiro atoms. The van der Waals surface area contributed by atoms with Crippen LogP contribution in [-0.4, -0.2) is 41.6 Å². The number of carbonyl (C=O) groups is 2. The van der Waals surface area contributed by atoms with Gasteiger partial charge < -0.3 is 15.3 Å². The number of nitrogens with one attached hydrogen (secondary N) is 1. The molecule has 6 nitrogen and oxygen atoms in total. The summed E-state index contributed by atoms with van der Waals surface area (Å²) in [7, 11) is 0. The Bertz CT molecular complexity index is 1340. The highest BCUT2D eigenvalue weighted by atomic mass is 79.9. The van der Waals surface area contributed by atoms with Gasteiger partial charge in [0.05, 0.1) is 16.6 Å². The molecular weight excluding hydrogens is 563 g/mol. The van der Waals surface area contributed by atoms with Crippen molar-refractivity contribution in [3.63, 3.8) is 0 Å². The normalized spacial score (nSPS) is 14.9. The zero-order valence-electron chi connectivity index (χ0n) is 20.9. The lowest BCUT2D eigenvalue weighted by Crippen LogP contribution is -2.33. The van der Waals surface area contributed by atoms with Gasteiger partial charge in [0.2, 0.25) is 0 Å². The number of fused-ring (bicyclic) bond motifs is 1. The van der Waals surface area contributed by atoms with Gasteiger partial charge in [0.25, 0.3) is 5.91 Å². The first-order valence-electron chi connectivity index (χ1n) is 12.6. The molecule has 0 saturated carbocycles. The second kappa shape index (κ2) is 11.7. The third-order valence-corrected chi connectivity index (χ3v) is 7.46. The van der Waals surface area contributed by atoms with E-state index in [4.69, 9.17) is 4.98 Å². The number of aliphatic carboxylic acids is 1. The van der Waals surface area contributed by atoms with Crippen molar-refractivity contribution in [1.82, 2.24) is 10.3 Å². The Hall–Kier alpha value is -3.14. The predicted molar refractivity (Wildman–Crippen MR) is 144 cm³/mol. The smallest absolute Gasteiger partial charge is 0.416 e. The Labute approximate surface area is 227 Å². The molecule has 38 heavy (non-hydrogen) atoms. The molecule has 1 amide bonds. The van der Waals surface area contributed by atoms with Crippen LogP contribution in [0, 0.1) is 6.92 Å². The maximum absolute atomic E-state index is 13.7. The van der Waals surface area contributed by atoms with Crippen molar-refractivity contribution in [3.05, 3.63) is 69.2 Å². The number of benzene rings is 2. The van der Waals surface area contributed by atoms with Gasteiger partial charge in [-0.3, -0.25) is 9.59 Å². The van der Waals surface area contributed by atoms with Gasteiger partial charge >= 0.3 is 12.1 Å². The van der Waals surface area contributed by atoms with Gasteiger partial charge in [-0.25, -0.2) is 4.98 Å². The molecule has 0 radical (unpaired) electrons. The molecule has 202 valence electrons. The van der Waals surface area contributed by atoms with E-state index in [-0.39, 0.29) is 24.9 Å². The number of piperidine rings is 1. The fraction of sp³-hybridized carbons (Fsp3) is 0.393. The van der Waals surface area contributed by atoms with Crippen LogP contribution in [0.5, 0.6) is 0 Å². The number of hydrogen-bond acceptors (Lipinski definition) is 4. The third-order valence-electron chi connectivity index (χ3n) is 6.97. The number of pyridine rings is 1. The van der Waals surface area contributed by atoms with Crippen LogP contribution in [0.25, 0.3) is 10.9 Å². The van der Waals surface area contributed by atoms with Crippen molar-refractivity contribution in [1.29, 1.82) is 0 Å². The van der Waals surface area contributed by atoms with Crippen LogP contribution in [0.1, 0.15) is 65.1 Å². The lowest BCUT2D eigenvalue weighted by atomic mass is 9.89. The Morgan fingerprint density at radius 2 is 1.84 bits per heavy atom. The zero-order chi connectivity index (χ0) is 27.4. The van der Waals surface area contributed by atoms with Gasteiger partial charge in [-0.1, -0.05) is 34.1 Å². The van der Waals surface area contributed by atoms with Crippen molar-refractivity contribution in [2.24, 2.45) is 0 Å². The van der Waals surface area contributed by atoms with Crippen LogP contribution in [0.4, 0.5) is 19.0 Å². The van der Waals surface area contributed by atoms with Gasteiger partial charge in [0.15, 0.2) is 0 Å². The van der Waals surface area contributed by atoms with Crippen LogP contribution in [-0.2, 0) is 11.0 Å². The fourth-order valence-corrected chi connectivity index (χ4v) is 5.47. The number of hydrogen-bond donors (Lipinski definition) is 2. The molecule has 3 aromatic rings. The Morgan fingerprint density at radius 1 is 1.13 bits per heavy atom. The summed E-state index contributed by atoms with van der Waals surface area (Å²) in [6.07, 6.45) is -1.77. The molecule has 0 unspecified atom stereocenters. The van der Waals surface area contributed by atoms with Crippen molar-refractivity contribution in [2.45, 2.75) is 51.1 Å². The summed E-state index contributed by atoms with van der Waals surface area (Å²) >= 11 is 3.46. The maximum atomic E-state index is 13.7. The second-order valence-electron chi connectivity index (χ2n) is 9.57. The van der Waals surface area contributed by atoms with E-state index in [2.05, 4.69) is 26.1 Å². The number of anilines is 1. The molecule has 4 rings (SSSR count). The first-order valence-corrected chi connectivity index (χ1v) is 13.4. The SMILES string of the molecule is Cc1c(N2CCCCC2)nc2ccc(Br)cc2c1C(=O)NC[C@H](CCC(=O)O)c1ccccc1C(F)(F)F. The first-order chi connectivity index (χ1) is 18.1. The second-order valence-corrected chi connectivity index (χ2v) is 10.5. The minimum Gasteiger partial charge on any atom is -0.481 e. The van der Waals surface area contributed by atoms with E-state index in [9.17, 15) is 27.9 Å². The van der Waals surface area contributed by atoms with Crippen molar-refractivity contribution in [2.75, 3.05) is 24.5 Å². The summed E-state index contributed by atoms with van der Waals surface area (Å²) in [4.78, 5) is 32.0. The largest absolute Gasteiger partial charge is 0.481 e. The van der Waals surface area contributed by atoms with Crippen molar-refractivity contribution in [3.8, 4) is 0 Å². The quantitative estimate of drug-likeness (QED) is 0.305. The van der Waals surface area contributed by atoms with Gasteiger partial charge in [-0.05, 0) is 62.4 Å². The molecule has 1 fully saturated rings. The minimum absolute atomic E-state index is 0.0328. The highest BCUT2D eigenvalue weighted by Crippen LogP contribution is 2.37. The lowest BCUT2D eigenvalue weighted by Gasteiger charge is -2.30. The minimum atomic E-state index is -4.60. The topological polar surface area (TPSA) is 82.5 Å². The molecular formula is C28H29BrF3N3O3. The molecule has 1 saturated heterocycles. The molecule has 0 aliphatic carbocycles. The van der Waals surface area contributed by atoms with Crippen LogP contribution >= 0.6 is 15.9 Å². The number of rotatable bonds is 8. The molecule has 0 bridgehead atoms. The van der Waals surface area contributed by atoms with Gasteiger partial charge in [-0.2, -0.15) is 13.2 Å². The van der Waals surface area contributed by atoms with Crippen LogP contribution < -0.4 is 10.2 Å². The molecule has 1 aromatic heterocycles. The molecule has 10 heteroatoms. The zero-order valence-corrected chi connectivity index (χ0v) is 22.5. The van der Waals surface area contributed by atoms with Crippen LogP contribution in [0.3, 0.4) is 0 Å². The molecule has 1 atom stereocenters. The van der Waals surface area contributed by atoms with E-state index in [0.29, 0.717) is 22.0 Å². The van der Waals surface area contributed by atoms with E-state index in [1.165, 1.54) is 18.2 Å². The number of nitrogens with zero attached hydrogens (tertiary/aromatic N) is 2. The highest BCUT2D eigenvalue weighted by Gasteiger charge is 2.35. The molecule has 2 N–H and O–H groups in total. The summed E-state index contributed by atoms with van der Waals surface area (Å²) < 4.78 is 42.0. The number of carboxylic acid groups (broad SMARTS) is 1. The van der Waals surface area contributed by atoms with Gasteiger partial charge in [0.1, 0.15) is 5.82 Å². The van der Waals surface area contributed by atoms with E-state index in [1.807, 2.05) is 25.1 Å². The molecule has 2 aromatic carbocycles. The number of aromatic nitrogens is 1. The summed E-state index contributed by atoms with van der Waals surface area (Å²) in [5, 5.41) is 12.7. The average Bonchev–Trinajstić information content (AvgIpc) is 2.88. The highest BCUT2D eigenvalue weighted by molar-refractivity contribution is 9.10. The first kappa shape index (κ1) is 27.9. The Kier molecular flexibility index (Phi) is 8.60. The Balaban J connectivity index is 1.70. The van der Waals surface area contributed by atoms with E-state index in [0.717, 1.165) is 48.7 Å². The van der Waals surface area contributed by atoms with Crippen LogP contribution in [0.15, 0.2) is 46.9 Å². The van der Waals surface area contributed by atoms with E-state index in [1.54, 1.807) is 0 Å². The van der Waals surface area contributed by atoms with Gasteiger partial charge in [-0.15, -0.1) is 0 Å². The van der Waals surface area contributed by atoms with Gasteiger partial charge in [0, 0.05) is 47.4 Å². The predicted octanol–water partition coefficient (Wildman–Crippen LogP) is 6.69. The molecule has 1 aliphatic rings. The number of alkyl halides is 3.